The zero-order valence-electron chi connectivity index (χ0n) is 13.7. The van der Waals surface area contributed by atoms with Crippen LogP contribution in [0, 0.1) is 89.0 Å². The van der Waals surface area contributed by atoms with Crippen molar-refractivity contribution in [2.24, 2.45) is 0 Å². The Morgan fingerprint density at radius 1 is 0.538 bits per heavy atom. The Hall–Kier alpha value is -1.30. The summed E-state index contributed by atoms with van der Waals surface area (Å²) in [6.07, 6.45) is 4.61. The zero-order chi connectivity index (χ0) is 19.9. The molecule has 0 atom stereocenters. The Balaban J connectivity index is -0.0000000339. The molecule has 2 aromatic carbocycles. The molecule has 0 aliphatic carbocycles. The summed E-state index contributed by atoms with van der Waals surface area (Å²) >= 11 is 0. The summed E-state index contributed by atoms with van der Waals surface area (Å²) in [5.74, 6) is 0. The van der Waals surface area contributed by atoms with E-state index in [4.69, 9.17) is 18.6 Å². The van der Waals surface area contributed by atoms with Crippen molar-refractivity contribution in [1.29, 1.82) is 0 Å². The topological polar surface area (TPSA) is 79.6 Å². The SMILES string of the molecule is [C-]#[O+].[C-]#[O+].[C-]#[O+].[C-]#[O+].[CH2-]CCCC[CH2-].[Fe].[Fe].[c-]1[c-][c-][cH-][c-]1.[c-]1[c-][c-][cH-][c-]1. The van der Waals surface area contributed by atoms with Gasteiger partial charge in [-0.2, -0.15) is 12.8 Å². The van der Waals surface area contributed by atoms with E-state index in [0.717, 1.165) is 12.8 Å². The average Bonchev–Trinajstić information content (AvgIpc) is 3.45. The normalized spacial score (nSPS) is 5.46. The van der Waals surface area contributed by atoms with Crippen LogP contribution in [0.4, 0.5) is 0 Å². The van der Waals surface area contributed by atoms with Crippen molar-refractivity contribution in [3.05, 3.63) is 101 Å². The molecule has 0 saturated carbocycles. The van der Waals surface area contributed by atoms with E-state index in [-0.39, 0.29) is 34.1 Å². The van der Waals surface area contributed by atoms with Gasteiger partial charge < -0.3 is 74.5 Å². The average molecular weight is 430 g/mol. The fourth-order valence-electron chi connectivity index (χ4n) is 0.714. The van der Waals surface area contributed by atoms with Crippen molar-refractivity contribution in [2.45, 2.75) is 25.7 Å². The molecule has 0 saturated heterocycles. The van der Waals surface area contributed by atoms with Gasteiger partial charge in [-0.1, -0.05) is 12.8 Å². The molecule has 26 heavy (non-hydrogen) atoms. The van der Waals surface area contributed by atoms with E-state index < -0.39 is 0 Å². The van der Waals surface area contributed by atoms with Gasteiger partial charge in [-0.25, -0.2) is 0 Å². The second-order valence-electron chi connectivity index (χ2n) is 2.78. The number of rotatable bonds is 3. The molecule has 2 rings (SSSR count). The molecule has 0 aromatic heterocycles. The van der Waals surface area contributed by atoms with Crippen LogP contribution >= 0.6 is 0 Å². The molecule has 0 spiro atoms. The van der Waals surface area contributed by atoms with Gasteiger partial charge in [0, 0.05) is 34.1 Å². The van der Waals surface area contributed by atoms with Crippen molar-refractivity contribution >= 4 is 0 Å². The minimum Gasteiger partial charge on any atom is -0.999 e. The van der Waals surface area contributed by atoms with E-state index in [2.05, 4.69) is 89.0 Å². The quantitative estimate of drug-likeness (QED) is 0.310. The van der Waals surface area contributed by atoms with Crippen LogP contribution in [0.5, 0.6) is 0 Å². The molecule has 6 heteroatoms. The van der Waals surface area contributed by atoms with E-state index in [1.165, 1.54) is 12.8 Å². The second-order valence-corrected chi connectivity index (χ2v) is 2.78. The number of hydrogen-bond donors (Lipinski definition) is 0. The predicted molar refractivity (Wildman–Crippen MR) is 79.7 cm³/mol. The third kappa shape index (κ3) is 78.1. The maximum Gasteiger partial charge on any atom is 0 e. The Bertz CT molecular complexity index is 327. The van der Waals surface area contributed by atoms with Crippen LogP contribution in [-0.4, -0.2) is 0 Å². The smallest absolute Gasteiger partial charge is 0 e. The molecule has 146 valence electrons. The maximum atomic E-state index is 7.50. The van der Waals surface area contributed by atoms with Gasteiger partial charge in [0.1, 0.15) is 0 Å². The van der Waals surface area contributed by atoms with Gasteiger partial charge in [0.2, 0.25) is 0 Å². The molecule has 0 N–H and O–H groups in total. The van der Waals surface area contributed by atoms with Crippen LogP contribution in [0.3, 0.4) is 0 Å². The van der Waals surface area contributed by atoms with Gasteiger partial charge in [-0.3, -0.25) is 0 Å². The Morgan fingerprint density at radius 3 is 0.808 bits per heavy atom. The Kier molecular flexibility index (Phi) is 129. The molecule has 0 aliphatic heterocycles. The first-order chi connectivity index (χ1) is 11.9. The third-order valence-electron chi connectivity index (χ3n) is 1.45. The summed E-state index contributed by atoms with van der Waals surface area (Å²) < 4.78 is 30.0. The van der Waals surface area contributed by atoms with Crippen molar-refractivity contribution in [3.63, 3.8) is 0 Å². The molecule has 4 nitrogen and oxygen atoms in total. The second kappa shape index (κ2) is 75.7. The van der Waals surface area contributed by atoms with Crippen LogP contribution in [0.2, 0.25) is 0 Å². The van der Waals surface area contributed by atoms with Gasteiger partial charge in [-0.15, -0.1) is 0 Å². The standard InChI is InChI=1S/C6H12.2C5H.4CO.2Fe/c1-3-5-6-4-2;2*1-2-4-5-3-1;4*1-2;;/h1-6H2;2*1H;;;;;;/q-2;2*-5;;;;;;. The van der Waals surface area contributed by atoms with E-state index in [9.17, 15) is 0 Å². The third-order valence-corrected chi connectivity index (χ3v) is 1.45. The number of unbranched alkanes of at least 4 members (excludes halogenated alkanes) is 3. The van der Waals surface area contributed by atoms with Gasteiger partial charge in [0.25, 0.3) is 0 Å². The number of hydrogen-bond acceptors (Lipinski definition) is 0. The molecular weight excluding hydrogens is 416 g/mol. The van der Waals surface area contributed by atoms with E-state index in [1.807, 2.05) is 0 Å². The minimum absolute atomic E-state index is 0. The van der Waals surface area contributed by atoms with Gasteiger partial charge in [0.05, 0.1) is 0 Å². The molecule has 0 aliphatic rings. The summed E-state index contributed by atoms with van der Waals surface area (Å²) in [6, 6.07) is 24.0. The molecule has 0 fully saturated rings. The molecular formula is C20H14Fe2O4-12. The first-order valence-corrected chi connectivity index (χ1v) is 5.97. The molecule has 0 bridgehead atoms. The molecule has 0 amide bonds. The van der Waals surface area contributed by atoms with Gasteiger partial charge in [-0.05, 0) is 0 Å². The largest absolute Gasteiger partial charge is 0.999 e. The van der Waals surface area contributed by atoms with Crippen molar-refractivity contribution < 1.29 is 52.7 Å². The minimum atomic E-state index is 0. The fourth-order valence-corrected chi connectivity index (χ4v) is 0.714. The van der Waals surface area contributed by atoms with E-state index >= 15 is 0 Å². The summed E-state index contributed by atoms with van der Waals surface area (Å²) in [6.45, 7) is 25.4. The summed E-state index contributed by atoms with van der Waals surface area (Å²) in [5, 5.41) is 0. The molecule has 0 unspecified atom stereocenters. The van der Waals surface area contributed by atoms with Crippen molar-refractivity contribution in [2.75, 3.05) is 0 Å². The summed E-state index contributed by atoms with van der Waals surface area (Å²) in [5.41, 5.74) is 0. The van der Waals surface area contributed by atoms with Crippen LogP contribution in [0.1, 0.15) is 25.7 Å². The maximum absolute atomic E-state index is 7.50. The van der Waals surface area contributed by atoms with Crippen LogP contribution in [0.25, 0.3) is 0 Å². The molecule has 0 radical (unpaired) electrons. The Labute approximate surface area is 179 Å². The zero-order valence-corrected chi connectivity index (χ0v) is 15.9. The van der Waals surface area contributed by atoms with E-state index in [1.54, 1.807) is 12.1 Å². The molecule has 0 heterocycles. The van der Waals surface area contributed by atoms with Crippen LogP contribution < -0.4 is 0 Å². The fraction of sp³-hybridized carbons (Fsp3) is 0.200. The van der Waals surface area contributed by atoms with Crippen LogP contribution in [-0.2, 0) is 52.7 Å². The first kappa shape index (κ1) is 44.3. The van der Waals surface area contributed by atoms with Crippen molar-refractivity contribution in [1.82, 2.24) is 0 Å². The van der Waals surface area contributed by atoms with Crippen molar-refractivity contribution in [3.8, 4) is 0 Å². The summed E-state index contributed by atoms with van der Waals surface area (Å²) in [7, 11) is 0. The Morgan fingerprint density at radius 2 is 0.731 bits per heavy atom. The van der Waals surface area contributed by atoms with Gasteiger partial charge >= 0.3 is 45.2 Å². The first-order valence-electron chi connectivity index (χ1n) is 5.97. The van der Waals surface area contributed by atoms with E-state index in [0.29, 0.717) is 0 Å². The monoisotopic (exact) mass is 430 g/mol. The summed E-state index contributed by atoms with van der Waals surface area (Å²) in [4.78, 5) is 0. The van der Waals surface area contributed by atoms with Crippen LogP contribution in [0.15, 0.2) is 12.1 Å². The van der Waals surface area contributed by atoms with Gasteiger partial charge in [0.15, 0.2) is 0 Å². The predicted octanol–water partition coefficient (Wildman–Crippen LogP) is 3.27. The molecule has 2 aromatic rings.